The molecule has 0 unspecified atom stereocenters. The zero-order chi connectivity index (χ0) is 13.1. The van der Waals surface area contributed by atoms with Crippen LogP contribution in [-0.2, 0) is 13.7 Å². The molecule has 2 rings (SSSR count). The van der Waals surface area contributed by atoms with Gasteiger partial charge >= 0.3 is 0 Å². The number of aromatic nitrogens is 2. The van der Waals surface area contributed by atoms with Crippen molar-refractivity contribution in [2.45, 2.75) is 13.5 Å². The summed E-state index contributed by atoms with van der Waals surface area (Å²) in [5.41, 5.74) is 1.42. The second-order valence-electron chi connectivity index (χ2n) is 3.98. The van der Waals surface area contributed by atoms with Gasteiger partial charge in [0.1, 0.15) is 12.4 Å². The fourth-order valence-electron chi connectivity index (χ4n) is 1.58. The number of hydrogen-bond donors (Lipinski definition) is 0. The average Bonchev–Trinajstić information content (AvgIpc) is 2.73. The minimum absolute atomic E-state index is 0.0718. The molecule has 4 nitrogen and oxygen atoms in total. The molecule has 0 fully saturated rings. The number of ketones is 1. The summed E-state index contributed by atoms with van der Waals surface area (Å²) in [6, 6.07) is 5.02. The Kier molecular flexibility index (Phi) is 3.67. The minimum atomic E-state index is -0.0718. The van der Waals surface area contributed by atoms with E-state index < -0.39 is 0 Å². The second-order valence-corrected chi connectivity index (χ2v) is 4.42. The summed E-state index contributed by atoms with van der Waals surface area (Å²) in [7, 11) is 1.89. The first-order valence-corrected chi connectivity index (χ1v) is 5.84. The third-order valence-corrected chi connectivity index (χ3v) is 2.85. The number of ether oxygens (including phenoxy) is 1. The lowest BCUT2D eigenvalue weighted by atomic mass is 10.1. The van der Waals surface area contributed by atoms with E-state index in [-0.39, 0.29) is 5.78 Å². The molecule has 0 aliphatic rings. The number of Topliss-reactive ketones (excluding diaryl/α,β-unsaturated/α-hetero) is 1. The first-order chi connectivity index (χ1) is 8.58. The highest BCUT2D eigenvalue weighted by Gasteiger charge is 2.10. The molecule has 0 radical (unpaired) electrons. The summed E-state index contributed by atoms with van der Waals surface area (Å²) in [4.78, 5) is 15.5. The molecule has 0 saturated carbocycles. The van der Waals surface area contributed by atoms with Gasteiger partial charge in [-0.1, -0.05) is 11.6 Å². The molecule has 18 heavy (non-hydrogen) atoms. The van der Waals surface area contributed by atoms with Gasteiger partial charge in [-0.25, -0.2) is 4.98 Å². The van der Waals surface area contributed by atoms with E-state index in [4.69, 9.17) is 16.3 Å². The molecule has 0 saturated heterocycles. The second kappa shape index (κ2) is 5.23. The molecule has 0 spiro atoms. The number of hydrogen-bond acceptors (Lipinski definition) is 3. The Balaban J connectivity index is 2.19. The van der Waals surface area contributed by atoms with Crippen LogP contribution in [0.4, 0.5) is 0 Å². The number of benzene rings is 1. The van der Waals surface area contributed by atoms with Crippen molar-refractivity contribution in [1.29, 1.82) is 0 Å². The normalized spacial score (nSPS) is 10.4. The Hall–Kier alpha value is -1.81. The predicted octanol–water partition coefficient (Wildman–Crippen LogP) is 2.86. The van der Waals surface area contributed by atoms with Crippen molar-refractivity contribution in [1.82, 2.24) is 9.55 Å². The molecular formula is C13H13ClN2O2. The number of aryl methyl sites for hydroxylation is 1. The summed E-state index contributed by atoms with van der Waals surface area (Å²) in [5, 5.41) is 0.521. The zero-order valence-electron chi connectivity index (χ0n) is 10.2. The standard InChI is InChI=1S/C13H13ClN2O2/c1-9(17)12-5-10(14)3-4-13(12)18-7-11-6-15-8-16(11)2/h3-6,8H,7H2,1-2H3. The highest BCUT2D eigenvalue weighted by molar-refractivity contribution is 6.31. The number of carbonyl (C=O) groups is 1. The third kappa shape index (κ3) is 2.71. The largest absolute Gasteiger partial charge is 0.487 e. The van der Waals surface area contributed by atoms with Crippen LogP contribution in [0, 0.1) is 0 Å². The molecular weight excluding hydrogens is 252 g/mol. The predicted molar refractivity (Wildman–Crippen MR) is 69.0 cm³/mol. The maximum atomic E-state index is 11.5. The average molecular weight is 265 g/mol. The first kappa shape index (κ1) is 12.6. The van der Waals surface area contributed by atoms with Crippen molar-refractivity contribution in [3.8, 4) is 5.75 Å². The number of carbonyl (C=O) groups excluding carboxylic acids is 1. The van der Waals surface area contributed by atoms with Crippen molar-refractivity contribution < 1.29 is 9.53 Å². The van der Waals surface area contributed by atoms with Crippen molar-refractivity contribution in [3.05, 3.63) is 47.0 Å². The highest BCUT2D eigenvalue weighted by Crippen LogP contribution is 2.24. The van der Waals surface area contributed by atoms with Crippen molar-refractivity contribution in [2.75, 3.05) is 0 Å². The van der Waals surface area contributed by atoms with E-state index in [1.807, 2.05) is 11.6 Å². The van der Waals surface area contributed by atoms with Crippen LogP contribution in [0.5, 0.6) is 5.75 Å². The Morgan fingerprint density at radius 3 is 2.89 bits per heavy atom. The van der Waals surface area contributed by atoms with Gasteiger partial charge in [0.05, 0.1) is 23.8 Å². The highest BCUT2D eigenvalue weighted by atomic mass is 35.5. The van der Waals surface area contributed by atoms with Crippen LogP contribution in [0.3, 0.4) is 0 Å². The molecule has 94 valence electrons. The Labute approximate surface area is 110 Å². The molecule has 0 N–H and O–H groups in total. The fraction of sp³-hybridized carbons (Fsp3) is 0.231. The lowest BCUT2D eigenvalue weighted by molar-refractivity contribution is 0.101. The maximum absolute atomic E-state index is 11.5. The van der Waals surface area contributed by atoms with Crippen LogP contribution in [-0.4, -0.2) is 15.3 Å². The van der Waals surface area contributed by atoms with Gasteiger partial charge in [-0.2, -0.15) is 0 Å². The van der Waals surface area contributed by atoms with E-state index in [9.17, 15) is 4.79 Å². The SMILES string of the molecule is CC(=O)c1cc(Cl)ccc1OCc1cncn1C. The Morgan fingerprint density at radius 1 is 1.50 bits per heavy atom. The Morgan fingerprint density at radius 2 is 2.28 bits per heavy atom. The van der Waals surface area contributed by atoms with Gasteiger partial charge in [-0.05, 0) is 25.1 Å². The van der Waals surface area contributed by atoms with Crippen LogP contribution in [0.2, 0.25) is 5.02 Å². The third-order valence-electron chi connectivity index (χ3n) is 2.61. The number of rotatable bonds is 4. The van der Waals surface area contributed by atoms with Crippen LogP contribution < -0.4 is 4.74 Å². The van der Waals surface area contributed by atoms with E-state index >= 15 is 0 Å². The van der Waals surface area contributed by atoms with E-state index in [1.165, 1.54) is 6.92 Å². The van der Waals surface area contributed by atoms with Crippen LogP contribution in [0.25, 0.3) is 0 Å². The molecule has 0 atom stereocenters. The van der Waals surface area contributed by atoms with Gasteiger partial charge in [0.2, 0.25) is 0 Å². The van der Waals surface area contributed by atoms with E-state index in [2.05, 4.69) is 4.98 Å². The number of imidazole rings is 1. The fourth-order valence-corrected chi connectivity index (χ4v) is 1.75. The molecule has 5 heteroatoms. The van der Waals surface area contributed by atoms with E-state index in [1.54, 1.807) is 30.7 Å². The molecule has 0 aliphatic carbocycles. The Bertz CT molecular complexity index is 578. The van der Waals surface area contributed by atoms with Gasteiger partial charge in [-0.15, -0.1) is 0 Å². The summed E-state index contributed by atoms with van der Waals surface area (Å²) < 4.78 is 7.50. The summed E-state index contributed by atoms with van der Waals surface area (Å²) in [6.45, 7) is 1.85. The van der Waals surface area contributed by atoms with E-state index in [0.717, 1.165) is 5.69 Å². The molecule has 1 heterocycles. The maximum Gasteiger partial charge on any atom is 0.163 e. The van der Waals surface area contributed by atoms with E-state index in [0.29, 0.717) is 22.9 Å². The zero-order valence-corrected chi connectivity index (χ0v) is 10.9. The topological polar surface area (TPSA) is 44.1 Å². The van der Waals surface area contributed by atoms with Crippen molar-refractivity contribution in [3.63, 3.8) is 0 Å². The smallest absolute Gasteiger partial charge is 0.163 e. The molecule has 0 aliphatic heterocycles. The van der Waals surface area contributed by atoms with Gasteiger partial charge in [0.25, 0.3) is 0 Å². The molecule has 1 aromatic heterocycles. The minimum Gasteiger partial charge on any atom is -0.487 e. The van der Waals surface area contributed by atoms with Crippen LogP contribution in [0.1, 0.15) is 23.0 Å². The summed E-state index contributed by atoms with van der Waals surface area (Å²) in [6.07, 6.45) is 3.43. The lowest BCUT2D eigenvalue weighted by Crippen LogP contribution is -2.04. The summed E-state index contributed by atoms with van der Waals surface area (Å²) in [5.74, 6) is 0.464. The van der Waals surface area contributed by atoms with Gasteiger partial charge in [0.15, 0.2) is 5.78 Å². The first-order valence-electron chi connectivity index (χ1n) is 5.46. The van der Waals surface area contributed by atoms with Gasteiger partial charge in [0, 0.05) is 12.1 Å². The summed E-state index contributed by atoms with van der Waals surface area (Å²) >= 11 is 5.86. The lowest BCUT2D eigenvalue weighted by Gasteiger charge is -2.10. The molecule has 1 aromatic carbocycles. The number of nitrogens with zero attached hydrogens (tertiary/aromatic N) is 2. The molecule has 2 aromatic rings. The molecule has 0 bridgehead atoms. The van der Waals surface area contributed by atoms with Gasteiger partial charge in [-0.3, -0.25) is 4.79 Å². The van der Waals surface area contributed by atoms with Crippen LogP contribution in [0.15, 0.2) is 30.7 Å². The number of halogens is 1. The van der Waals surface area contributed by atoms with Crippen molar-refractivity contribution >= 4 is 17.4 Å². The van der Waals surface area contributed by atoms with Gasteiger partial charge < -0.3 is 9.30 Å². The quantitative estimate of drug-likeness (QED) is 0.798. The monoisotopic (exact) mass is 264 g/mol. The van der Waals surface area contributed by atoms with Crippen LogP contribution >= 0.6 is 11.6 Å². The van der Waals surface area contributed by atoms with Crippen molar-refractivity contribution in [2.24, 2.45) is 7.05 Å². The molecule has 0 amide bonds.